The molecule has 0 aliphatic carbocycles. The monoisotopic (exact) mass is 370 g/mol. The molecule has 1 fully saturated rings. The van der Waals surface area contributed by atoms with Gasteiger partial charge in [0.1, 0.15) is 0 Å². The van der Waals surface area contributed by atoms with E-state index >= 15 is 0 Å². The van der Waals surface area contributed by atoms with Gasteiger partial charge < -0.3 is 4.90 Å². The van der Waals surface area contributed by atoms with Crippen molar-refractivity contribution in [2.45, 2.75) is 45.6 Å². The Morgan fingerprint density at radius 3 is 2.69 bits per heavy atom. The van der Waals surface area contributed by atoms with Crippen molar-refractivity contribution in [1.82, 2.24) is 4.90 Å². The number of hydrogen-bond donors (Lipinski definition) is 0. The first-order valence-electron chi connectivity index (χ1n) is 8.90. The molecule has 2 heterocycles. The maximum absolute atomic E-state index is 12.5. The van der Waals surface area contributed by atoms with Crippen molar-refractivity contribution in [3.63, 3.8) is 0 Å². The van der Waals surface area contributed by atoms with Crippen LogP contribution in [0.3, 0.4) is 0 Å². The van der Waals surface area contributed by atoms with Crippen molar-refractivity contribution < 1.29 is 9.59 Å². The van der Waals surface area contributed by atoms with Crippen LogP contribution in [0.4, 0.5) is 10.5 Å². The van der Waals surface area contributed by atoms with Gasteiger partial charge in [0, 0.05) is 24.8 Å². The van der Waals surface area contributed by atoms with Crippen LogP contribution in [0.1, 0.15) is 49.8 Å². The third kappa shape index (κ3) is 3.09. The number of rotatable bonds is 3. The lowest BCUT2D eigenvalue weighted by molar-refractivity contribution is -0.122. The standard InChI is InChI=1S/C21H26N2O2S/c1-7-8-23-19(24)18(26-20(23)25)11-15-10-16-14(3)12-21(4,5)22(6)17(16)9-13(15)2/h7,9-11,14H,1,8,12H2,2-6H3/b18-11+. The van der Waals surface area contributed by atoms with Gasteiger partial charge in [0.2, 0.25) is 0 Å². The van der Waals surface area contributed by atoms with Crippen LogP contribution >= 0.6 is 11.8 Å². The van der Waals surface area contributed by atoms with Crippen molar-refractivity contribution in [3.05, 3.63) is 46.4 Å². The Kier molecular flexibility index (Phi) is 4.78. The highest BCUT2D eigenvalue weighted by molar-refractivity contribution is 8.18. The number of thioether (sulfide) groups is 1. The van der Waals surface area contributed by atoms with Crippen LogP contribution in [0.15, 0.2) is 29.7 Å². The Bertz CT molecular complexity index is 826. The summed E-state index contributed by atoms with van der Waals surface area (Å²) in [5, 5.41) is -0.230. The number of nitrogens with zero attached hydrogens (tertiary/aromatic N) is 2. The number of fused-ring (bicyclic) bond motifs is 1. The summed E-state index contributed by atoms with van der Waals surface area (Å²) in [6.07, 6.45) is 4.51. The highest BCUT2D eigenvalue weighted by atomic mass is 32.2. The van der Waals surface area contributed by atoms with E-state index < -0.39 is 0 Å². The summed E-state index contributed by atoms with van der Waals surface area (Å²) in [4.78, 5) is 28.6. The van der Waals surface area contributed by atoms with Gasteiger partial charge in [-0.2, -0.15) is 0 Å². The Hall–Kier alpha value is -2.01. The molecule has 2 aliphatic rings. The Morgan fingerprint density at radius 2 is 2.04 bits per heavy atom. The molecule has 1 aromatic carbocycles. The molecule has 0 spiro atoms. The minimum Gasteiger partial charge on any atom is -0.369 e. The highest BCUT2D eigenvalue weighted by Gasteiger charge is 2.36. The predicted octanol–water partition coefficient (Wildman–Crippen LogP) is 4.94. The van der Waals surface area contributed by atoms with E-state index in [1.165, 1.54) is 16.2 Å². The van der Waals surface area contributed by atoms with Gasteiger partial charge >= 0.3 is 0 Å². The summed E-state index contributed by atoms with van der Waals surface area (Å²) < 4.78 is 0. The topological polar surface area (TPSA) is 40.6 Å². The zero-order valence-corrected chi connectivity index (χ0v) is 16.9. The van der Waals surface area contributed by atoms with Gasteiger partial charge in [-0.05, 0) is 79.8 Å². The molecule has 0 aromatic heterocycles. The predicted molar refractivity (Wildman–Crippen MR) is 110 cm³/mol. The number of carbonyl (C=O) groups excluding carboxylic acids is 2. The van der Waals surface area contributed by atoms with E-state index in [0.717, 1.165) is 29.3 Å². The molecule has 2 amide bonds. The van der Waals surface area contributed by atoms with E-state index in [1.54, 1.807) is 6.08 Å². The number of aryl methyl sites for hydroxylation is 1. The third-order valence-electron chi connectivity index (χ3n) is 5.49. The first kappa shape index (κ1) is 18.8. The average Bonchev–Trinajstić information content (AvgIpc) is 2.82. The molecule has 1 saturated heterocycles. The molecule has 2 aliphatic heterocycles. The van der Waals surface area contributed by atoms with Crippen molar-refractivity contribution in [1.29, 1.82) is 0 Å². The molecule has 1 unspecified atom stereocenters. The molecule has 0 radical (unpaired) electrons. The quantitative estimate of drug-likeness (QED) is 0.558. The van der Waals surface area contributed by atoms with E-state index in [4.69, 9.17) is 0 Å². The van der Waals surface area contributed by atoms with Crippen LogP contribution in [-0.2, 0) is 4.79 Å². The molecule has 138 valence electrons. The van der Waals surface area contributed by atoms with Crippen LogP contribution in [-0.4, -0.2) is 35.2 Å². The smallest absolute Gasteiger partial charge is 0.293 e. The molecular weight excluding hydrogens is 344 g/mol. The van der Waals surface area contributed by atoms with E-state index in [9.17, 15) is 9.59 Å². The second-order valence-electron chi connectivity index (χ2n) is 7.83. The lowest BCUT2D eigenvalue weighted by Gasteiger charge is -2.45. The number of amides is 2. The summed E-state index contributed by atoms with van der Waals surface area (Å²) >= 11 is 1.00. The van der Waals surface area contributed by atoms with E-state index in [1.807, 2.05) is 6.08 Å². The van der Waals surface area contributed by atoms with Crippen LogP contribution in [0.2, 0.25) is 0 Å². The van der Waals surface area contributed by atoms with Gasteiger partial charge in [-0.1, -0.05) is 13.0 Å². The molecule has 26 heavy (non-hydrogen) atoms. The van der Waals surface area contributed by atoms with E-state index in [0.29, 0.717) is 10.8 Å². The molecule has 0 bridgehead atoms. The van der Waals surface area contributed by atoms with Gasteiger partial charge in [-0.15, -0.1) is 6.58 Å². The van der Waals surface area contributed by atoms with E-state index in [-0.39, 0.29) is 23.2 Å². The number of carbonyl (C=O) groups is 2. The molecule has 3 rings (SSSR count). The average molecular weight is 371 g/mol. The van der Waals surface area contributed by atoms with Crippen LogP contribution in [0, 0.1) is 6.92 Å². The minimum atomic E-state index is -0.233. The van der Waals surface area contributed by atoms with Crippen LogP contribution in [0.5, 0.6) is 0 Å². The van der Waals surface area contributed by atoms with Crippen LogP contribution in [0.25, 0.3) is 6.08 Å². The Balaban J connectivity index is 2.01. The van der Waals surface area contributed by atoms with Gasteiger partial charge in [-0.25, -0.2) is 0 Å². The SMILES string of the molecule is C=CCN1C(=O)S/C(=C/c2cc3c(cc2C)N(C)C(C)(C)CC3C)C1=O. The van der Waals surface area contributed by atoms with Crippen molar-refractivity contribution in [3.8, 4) is 0 Å². The Labute approximate surface area is 159 Å². The second kappa shape index (κ2) is 6.62. The summed E-state index contributed by atoms with van der Waals surface area (Å²) in [5.41, 5.74) is 4.79. The van der Waals surface area contributed by atoms with Crippen LogP contribution < -0.4 is 4.90 Å². The third-order valence-corrected chi connectivity index (χ3v) is 6.40. The summed E-state index contributed by atoms with van der Waals surface area (Å²) in [5.74, 6) is 0.211. The summed E-state index contributed by atoms with van der Waals surface area (Å²) in [6, 6.07) is 4.38. The van der Waals surface area contributed by atoms with Crippen molar-refractivity contribution in [2.24, 2.45) is 0 Å². The maximum atomic E-state index is 12.5. The fourth-order valence-electron chi connectivity index (χ4n) is 3.82. The van der Waals surface area contributed by atoms with Gasteiger partial charge in [0.05, 0.1) is 4.91 Å². The molecule has 0 N–H and O–H groups in total. The maximum Gasteiger partial charge on any atom is 0.293 e. The first-order valence-corrected chi connectivity index (χ1v) is 9.72. The Morgan fingerprint density at radius 1 is 1.35 bits per heavy atom. The van der Waals surface area contributed by atoms with Gasteiger partial charge in [-0.3, -0.25) is 14.5 Å². The number of hydrogen-bond acceptors (Lipinski definition) is 4. The second-order valence-corrected chi connectivity index (χ2v) is 8.82. The zero-order chi connectivity index (χ0) is 19.2. The van der Waals surface area contributed by atoms with Crippen molar-refractivity contribution >= 4 is 34.7 Å². The van der Waals surface area contributed by atoms with Gasteiger partial charge in [0.25, 0.3) is 11.1 Å². The molecule has 1 aromatic rings. The van der Waals surface area contributed by atoms with Crippen molar-refractivity contribution in [2.75, 3.05) is 18.5 Å². The summed E-state index contributed by atoms with van der Waals surface area (Å²) in [7, 11) is 2.14. The highest BCUT2D eigenvalue weighted by Crippen LogP contribution is 2.44. The van der Waals surface area contributed by atoms with E-state index in [2.05, 4.69) is 58.4 Å². The fourth-order valence-corrected chi connectivity index (χ4v) is 4.66. The normalized spacial score (nSPS) is 23.6. The molecule has 1 atom stereocenters. The number of imide groups is 1. The minimum absolute atomic E-state index is 0.119. The lowest BCUT2D eigenvalue weighted by Crippen LogP contribution is -2.45. The fraction of sp³-hybridized carbons (Fsp3) is 0.429. The molecular formula is C21H26N2O2S. The molecule has 5 heteroatoms. The number of benzene rings is 1. The van der Waals surface area contributed by atoms with Gasteiger partial charge in [0.15, 0.2) is 0 Å². The first-order chi connectivity index (χ1) is 12.2. The lowest BCUT2D eigenvalue weighted by atomic mass is 9.79. The molecule has 0 saturated carbocycles. The number of anilines is 1. The summed E-state index contributed by atoms with van der Waals surface area (Å²) in [6.45, 7) is 12.7. The molecule has 4 nitrogen and oxygen atoms in total. The zero-order valence-electron chi connectivity index (χ0n) is 16.1. The largest absolute Gasteiger partial charge is 0.369 e.